The molecule has 0 spiro atoms. The number of esters is 1. The van der Waals surface area contributed by atoms with Crippen LogP contribution in [0.1, 0.15) is 12.0 Å². The van der Waals surface area contributed by atoms with Crippen molar-refractivity contribution >= 4 is 12.1 Å². The minimum absolute atomic E-state index is 0.0607. The van der Waals surface area contributed by atoms with E-state index < -0.39 is 37.1 Å². The van der Waals surface area contributed by atoms with E-state index in [0.717, 1.165) is 12.0 Å². The quantitative estimate of drug-likeness (QED) is 0.783. The van der Waals surface area contributed by atoms with Crippen molar-refractivity contribution in [2.45, 2.75) is 31.5 Å². The lowest BCUT2D eigenvalue weighted by Crippen LogP contribution is -2.41. The molecule has 0 aromatic heterocycles. The number of hydrogen-bond donors (Lipinski definition) is 0. The lowest BCUT2D eigenvalue weighted by molar-refractivity contribution is -0.340. The second-order valence-electron chi connectivity index (χ2n) is 5.15. The Bertz CT molecular complexity index is 578. The summed E-state index contributed by atoms with van der Waals surface area (Å²) < 4.78 is 50.5. The molecule has 6 nitrogen and oxygen atoms in total. The Labute approximate surface area is 136 Å². The maximum Gasteiger partial charge on any atom is 0.522 e. The van der Waals surface area contributed by atoms with Crippen molar-refractivity contribution < 1.29 is 37.0 Å². The summed E-state index contributed by atoms with van der Waals surface area (Å²) in [5, 5.41) is 0. The van der Waals surface area contributed by atoms with Crippen molar-refractivity contribution in [3.63, 3.8) is 0 Å². The third kappa shape index (κ3) is 4.85. The highest BCUT2D eigenvalue weighted by Gasteiger charge is 2.46. The Hall–Kier alpha value is -2.29. The van der Waals surface area contributed by atoms with Crippen molar-refractivity contribution in [2.75, 3.05) is 13.7 Å². The van der Waals surface area contributed by atoms with Gasteiger partial charge in [-0.25, -0.2) is 9.59 Å². The van der Waals surface area contributed by atoms with Gasteiger partial charge >= 0.3 is 18.4 Å². The number of methoxy groups -OCH3 is 1. The van der Waals surface area contributed by atoms with Gasteiger partial charge in [-0.05, 0) is 5.56 Å². The van der Waals surface area contributed by atoms with Crippen LogP contribution in [0.2, 0.25) is 0 Å². The number of ether oxygens (including phenoxy) is 3. The van der Waals surface area contributed by atoms with Crippen LogP contribution in [0.5, 0.6) is 0 Å². The van der Waals surface area contributed by atoms with Crippen LogP contribution in [-0.2, 0) is 25.6 Å². The van der Waals surface area contributed by atoms with Gasteiger partial charge in [0.2, 0.25) is 0 Å². The molecule has 0 aliphatic carbocycles. The molecule has 1 saturated heterocycles. The molecule has 1 aromatic rings. The molecule has 1 amide bonds. The summed E-state index contributed by atoms with van der Waals surface area (Å²) >= 11 is 0. The van der Waals surface area contributed by atoms with Crippen molar-refractivity contribution in [3.05, 3.63) is 35.9 Å². The van der Waals surface area contributed by atoms with Crippen LogP contribution in [0.25, 0.3) is 0 Å². The van der Waals surface area contributed by atoms with Crippen molar-refractivity contribution in [2.24, 2.45) is 0 Å². The van der Waals surface area contributed by atoms with Crippen LogP contribution in [0.15, 0.2) is 30.3 Å². The van der Waals surface area contributed by atoms with Crippen LogP contribution < -0.4 is 0 Å². The highest BCUT2D eigenvalue weighted by molar-refractivity contribution is 5.82. The van der Waals surface area contributed by atoms with E-state index in [0.29, 0.717) is 5.56 Å². The lowest BCUT2D eigenvalue weighted by atomic mass is 10.2. The van der Waals surface area contributed by atoms with Crippen LogP contribution in [0.3, 0.4) is 0 Å². The van der Waals surface area contributed by atoms with Gasteiger partial charge in [-0.15, -0.1) is 13.2 Å². The monoisotopic (exact) mass is 347 g/mol. The summed E-state index contributed by atoms with van der Waals surface area (Å²) in [6, 6.07) is 7.57. The molecule has 0 unspecified atom stereocenters. The van der Waals surface area contributed by atoms with Gasteiger partial charge in [-0.2, -0.15) is 0 Å². The minimum atomic E-state index is -4.85. The fourth-order valence-electron chi connectivity index (χ4n) is 2.44. The molecule has 0 N–H and O–H groups in total. The molecule has 0 saturated carbocycles. The number of hydrogen-bond acceptors (Lipinski definition) is 5. The van der Waals surface area contributed by atoms with Gasteiger partial charge in [0.15, 0.2) is 0 Å². The number of rotatable bonds is 4. The van der Waals surface area contributed by atoms with Crippen LogP contribution in [0, 0.1) is 0 Å². The van der Waals surface area contributed by atoms with E-state index in [4.69, 9.17) is 4.74 Å². The number of carbonyl (C=O) groups is 2. The van der Waals surface area contributed by atoms with Gasteiger partial charge in [0.1, 0.15) is 12.6 Å². The van der Waals surface area contributed by atoms with Crippen molar-refractivity contribution in [3.8, 4) is 0 Å². The van der Waals surface area contributed by atoms with Crippen molar-refractivity contribution in [1.82, 2.24) is 4.90 Å². The number of alkyl halides is 3. The Morgan fingerprint density at radius 2 is 1.92 bits per heavy atom. The molecule has 24 heavy (non-hydrogen) atoms. The molecule has 2 atom stereocenters. The summed E-state index contributed by atoms with van der Waals surface area (Å²) in [4.78, 5) is 24.7. The third-order valence-corrected chi connectivity index (χ3v) is 3.48. The fourth-order valence-corrected chi connectivity index (χ4v) is 2.44. The van der Waals surface area contributed by atoms with E-state index in [2.05, 4.69) is 9.47 Å². The second kappa shape index (κ2) is 7.52. The average molecular weight is 347 g/mol. The Morgan fingerprint density at radius 1 is 1.25 bits per heavy atom. The Kier molecular flexibility index (Phi) is 5.66. The number of halogens is 3. The van der Waals surface area contributed by atoms with Gasteiger partial charge in [0.05, 0.1) is 19.8 Å². The summed E-state index contributed by atoms with van der Waals surface area (Å²) in [7, 11) is 1.09. The number of likely N-dealkylation sites (tertiary alicyclic amines) is 1. The van der Waals surface area contributed by atoms with Crippen molar-refractivity contribution in [1.29, 1.82) is 0 Å². The molecular weight excluding hydrogens is 331 g/mol. The van der Waals surface area contributed by atoms with Gasteiger partial charge in [-0.1, -0.05) is 30.3 Å². The van der Waals surface area contributed by atoms with Gasteiger partial charge in [0.25, 0.3) is 0 Å². The summed E-state index contributed by atoms with van der Waals surface area (Å²) in [6.45, 7) is -0.470. The zero-order valence-electron chi connectivity index (χ0n) is 12.8. The van der Waals surface area contributed by atoms with Crippen LogP contribution in [0.4, 0.5) is 18.0 Å². The molecular formula is C15H16F3NO5. The number of amides is 1. The summed E-state index contributed by atoms with van der Waals surface area (Å²) in [6.07, 6.45) is -7.41. The van der Waals surface area contributed by atoms with Crippen LogP contribution >= 0.6 is 0 Å². The first-order chi connectivity index (χ1) is 11.3. The molecule has 0 bridgehead atoms. The molecule has 1 heterocycles. The largest absolute Gasteiger partial charge is 0.522 e. The molecule has 9 heteroatoms. The standard InChI is InChI=1S/C15H16F3NO5/c1-22-13(20)12-7-11(24-15(16,17)18)8-19(12)14(21)23-9-10-5-3-2-4-6-10/h2-6,11-12H,7-9H2,1H3/t11-,12+/m1/s1. The number of nitrogens with zero attached hydrogens (tertiary/aromatic N) is 1. The van der Waals surface area contributed by atoms with Gasteiger partial charge < -0.3 is 9.47 Å². The molecule has 1 fully saturated rings. The summed E-state index contributed by atoms with van der Waals surface area (Å²) in [5.74, 6) is -0.820. The third-order valence-electron chi connectivity index (χ3n) is 3.48. The molecule has 1 aliphatic rings. The van der Waals surface area contributed by atoms with E-state index in [1.807, 2.05) is 0 Å². The van der Waals surface area contributed by atoms with Gasteiger partial charge in [-0.3, -0.25) is 9.64 Å². The molecule has 1 aliphatic heterocycles. The predicted molar refractivity (Wildman–Crippen MR) is 74.7 cm³/mol. The lowest BCUT2D eigenvalue weighted by Gasteiger charge is -2.21. The first-order valence-corrected chi connectivity index (χ1v) is 7.10. The molecule has 2 rings (SSSR count). The SMILES string of the molecule is COC(=O)[C@@H]1C[C@@H](OC(F)(F)F)CN1C(=O)OCc1ccccc1. The maximum atomic E-state index is 12.3. The minimum Gasteiger partial charge on any atom is -0.467 e. The first-order valence-electron chi connectivity index (χ1n) is 7.10. The zero-order valence-corrected chi connectivity index (χ0v) is 12.8. The van der Waals surface area contributed by atoms with Gasteiger partial charge in [0, 0.05) is 6.42 Å². The van der Waals surface area contributed by atoms with E-state index >= 15 is 0 Å². The zero-order chi connectivity index (χ0) is 17.7. The maximum absolute atomic E-state index is 12.3. The van der Waals surface area contributed by atoms with E-state index in [9.17, 15) is 22.8 Å². The molecule has 1 aromatic carbocycles. The highest BCUT2D eigenvalue weighted by atomic mass is 19.4. The predicted octanol–water partition coefficient (Wildman–Crippen LogP) is 2.48. The smallest absolute Gasteiger partial charge is 0.467 e. The van der Waals surface area contributed by atoms with E-state index in [1.54, 1.807) is 30.3 Å². The second-order valence-corrected chi connectivity index (χ2v) is 5.15. The van der Waals surface area contributed by atoms with Crippen LogP contribution in [-0.4, -0.2) is 49.1 Å². The number of benzene rings is 1. The number of carbonyl (C=O) groups excluding carboxylic acids is 2. The van der Waals surface area contributed by atoms with E-state index in [1.165, 1.54) is 0 Å². The fraction of sp³-hybridized carbons (Fsp3) is 0.467. The first kappa shape index (κ1) is 18.1. The van der Waals surface area contributed by atoms with E-state index in [-0.39, 0.29) is 13.0 Å². The Balaban J connectivity index is 2.01. The average Bonchev–Trinajstić information content (AvgIpc) is 2.94. The molecule has 132 valence electrons. The topological polar surface area (TPSA) is 65.1 Å². The summed E-state index contributed by atoms with van der Waals surface area (Å²) in [5.41, 5.74) is 0.711. The normalized spacial score (nSPS) is 20.8. The molecule has 0 radical (unpaired) electrons. The highest BCUT2D eigenvalue weighted by Crippen LogP contribution is 2.28. The Morgan fingerprint density at radius 3 is 2.50 bits per heavy atom.